The van der Waals surface area contributed by atoms with Crippen LogP contribution in [0.1, 0.15) is 51.4 Å². The number of nitrogens with one attached hydrogen (secondary N) is 5. The van der Waals surface area contributed by atoms with E-state index in [0.717, 1.165) is 39.3 Å². The van der Waals surface area contributed by atoms with Crippen LogP contribution in [-0.2, 0) is 29.7 Å². The molecule has 3 rings (SSSR count). The van der Waals surface area contributed by atoms with Crippen molar-refractivity contribution in [3.8, 4) is 5.40 Å². The number of hydrogen-bond acceptors (Lipinski definition) is 8. The standard InChI is InChI=1S/C18H37N5.CHNS.CNS.Mn/c1-3-7-17-15(5-1)20-11-9-19-10-12-21-16-6-2-4-8-18(16)23-14-13-22-17;2*2-1-3;/h15-23H,1-14H2;3H;;/q;;-1;/p-1/t15-,16?,17?,18?;;;/m1.../s1. The molecule has 10 heteroatoms. The normalized spacial score (nSPS) is 30.1. The minimum Gasteiger partial charge on any atom is -0.753 e. The van der Waals surface area contributed by atoms with Crippen LogP contribution in [0.5, 0.6) is 0 Å². The summed E-state index contributed by atoms with van der Waals surface area (Å²) < 4.78 is 0. The van der Waals surface area contributed by atoms with E-state index in [0.29, 0.717) is 24.2 Å². The van der Waals surface area contributed by atoms with E-state index in [1.807, 2.05) is 0 Å². The van der Waals surface area contributed by atoms with Crippen molar-refractivity contribution >= 4 is 30.0 Å². The third kappa shape index (κ3) is 13.3. The van der Waals surface area contributed by atoms with Crippen molar-refractivity contribution in [3.63, 3.8) is 0 Å². The summed E-state index contributed by atoms with van der Waals surface area (Å²) in [6.45, 7) is 6.55. The zero-order chi connectivity index (χ0) is 21.2. The van der Waals surface area contributed by atoms with Gasteiger partial charge in [-0.05, 0) is 25.7 Å². The molecule has 0 aromatic carbocycles. The topological polar surface area (TPSA) is 106 Å². The molecule has 1 heterocycles. The molecule has 7 nitrogen and oxygen atoms in total. The summed E-state index contributed by atoms with van der Waals surface area (Å²) in [6, 6.07) is 2.65. The average Bonchev–Trinajstić information content (AvgIpc) is 2.73. The Morgan fingerprint density at radius 3 is 1.20 bits per heavy atom. The molecule has 5 N–H and O–H groups in total. The van der Waals surface area contributed by atoms with Gasteiger partial charge in [0, 0.05) is 80.5 Å². The number of rotatable bonds is 0. The van der Waals surface area contributed by atoms with E-state index in [4.69, 9.17) is 10.7 Å². The van der Waals surface area contributed by atoms with Gasteiger partial charge in [0.1, 0.15) is 0 Å². The summed E-state index contributed by atoms with van der Waals surface area (Å²) in [6.07, 6.45) is 10.9. The van der Waals surface area contributed by atoms with Gasteiger partial charge >= 0.3 is 0 Å². The molecule has 1 saturated heterocycles. The van der Waals surface area contributed by atoms with Gasteiger partial charge in [0.15, 0.2) is 0 Å². The van der Waals surface area contributed by atoms with Crippen LogP contribution in [0.2, 0.25) is 0 Å². The van der Waals surface area contributed by atoms with Crippen LogP contribution < -0.4 is 26.6 Å². The van der Waals surface area contributed by atoms with Gasteiger partial charge in [-0.2, -0.15) is 5.16 Å². The predicted octanol–water partition coefficient (Wildman–Crippen LogP) is 1.24. The molecule has 1 aliphatic heterocycles. The number of nitrogens with zero attached hydrogens (tertiary/aromatic N) is 2. The minimum atomic E-state index is 0. The summed E-state index contributed by atoms with van der Waals surface area (Å²) in [7, 11) is 0. The number of hydrogen-bond donors (Lipinski definition) is 5. The summed E-state index contributed by atoms with van der Waals surface area (Å²) >= 11 is 7.40. The van der Waals surface area contributed by atoms with E-state index >= 15 is 0 Å². The Bertz CT molecular complexity index is 456. The molecule has 1 radical (unpaired) electrons. The molecule has 30 heavy (non-hydrogen) atoms. The van der Waals surface area contributed by atoms with Crippen LogP contribution in [-0.4, -0.2) is 68.6 Å². The van der Waals surface area contributed by atoms with Crippen molar-refractivity contribution in [1.82, 2.24) is 26.6 Å². The minimum absolute atomic E-state index is 0. The van der Waals surface area contributed by atoms with Crippen molar-refractivity contribution in [2.24, 2.45) is 0 Å². The Kier molecular flexibility index (Phi) is 20.6. The molecular weight excluding hydrogens is 457 g/mol. The Hall–Kier alpha value is -0.171. The van der Waals surface area contributed by atoms with E-state index in [1.165, 1.54) is 61.9 Å². The Morgan fingerprint density at radius 2 is 0.933 bits per heavy atom. The van der Waals surface area contributed by atoms with Crippen molar-refractivity contribution in [1.29, 1.82) is 5.26 Å². The summed E-state index contributed by atoms with van der Waals surface area (Å²) in [5.41, 5.74) is 0. The molecule has 0 amide bonds. The van der Waals surface area contributed by atoms with Crippen LogP contribution >= 0.6 is 12.2 Å². The second-order valence-electron chi connectivity index (χ2n) is 7.74. The largest absolute Gasteiger partial charge is 0.753 e. The number of thiocyanates is 1. The van der Waals surface area contributed by atoms with E-state index in [1.54, 1.807) is 0 Å². The first-order valence-corrected chi connectivity index (χ1v) is 11.7. The average molecular weight is 495 g/mol. The summed E-state index contributed by atoms with van der Waals surface area (Å²) in [5, 5.41) is 35.7. The quantitative estimate of drug-likeness (QED) is 0.113. The van der Waals surface area contributed by atoms with E-state index < -0.39 is 0 Å². The second-order valence-corrected chi connectivity index (χ2v) is 8.11. The maximum absolute atomic E-state index is 7.13. The fraction of sp³-hybridized carbons (Fsp3) is 0.900. The van der Waals surface area contributed by atoms with Crippen molar-refractivity contribution in [2.45, 2.75) is 75.5 Å². The van der Waals surface area contributed by atoms with Gasteiger partial charge in [0.25, 0.3) is 0 Å². The van der Waals surface area contributed by atoms with Gasteiger partial charge in [0.05, 0.1) is 0 Å². The van der Waals surface area contributed by atoms with E-state index in [2.05, 4.69) is 51.4 Å². The Labute approximate surface area is 204 Å². The number of thiocarbonyl (C=S) groups is 1. The summed E-state index contributed by atoms with van der Waals surface area (Å²) in [5.74, 6) is 0. The maximum Gasteiger partial charge on any atom is 0.0221 e. The third-order valence-corrected chi connectivity index (χ3v) is 5.89. The van der Waals surface area contributed by atoms with E-state index in [9.17, 15) is 0 Å². The van der Waals surface area contributed by atoms with Crippen molar-refractivity contribution in [3.05, 3.63) is 5.41 Å². The SMILES string of the molecule is C1CCC2NCCNC3CCCC[C@H]3NCCNCCNC2C1.N#C[S-].[Mn].[N-]=C=S. The first-order valence-electron chi connectivity index (χ1n) is 10.9. The first kappa shape index (κ1) is 29.8. The maximum atomic E-state index is 7.13. The van der Waals surface area contributed by atoms with Crippen LogP contribution in [0.25, 0.3) is 5.41 Å². The molecule has 0 bridgehead atoms. The number of nitriles is 1. The molecule has 3 fully saturated rings. The fourth-order valence-corrected chi connectivity index (χ4v) is 4.57. The predicted molar refractivity (Wildman–Crippen MR) is 126 cm³/mol. The smallest absolute Gasteiger partial charge is 0.0221 e. The van der Waals surface area contributed by atoms with Gasteiger partial charge in [-0.1, -0.05) is 43.3 Å². The summed E-state index contributed by atoms with van der Waals surface area (Å²) in [4.78, 5) is 0. The zero-order valence-corrected chi connectivity index (χ0v) is 20.6. The molecular formula is C20H37MnN7S2-2. The number of isothiocyanates is 1. The number of fused-ring (bicyclic) bond motifs is 2. The molecule has 4 atom stereocenters. The second kappa shape index (κ2) is 20.7. The van der Waals surface area contributed by atoms with Crippen LogP contribution in [0.4, 0.5) is 0 Å². The Balaban J connectivity index is 0.00000108. The molecule has 0 spiro atoms. The van der Waals surface area contributed by atoms with Gasteiger partial charge in [0.2, 0.25) is 0 Å². The Morgan fingerprint density at radius 1 is 0.700 bits per heavy atom. The van der Waals surface area contributed by atoms with Crippen molar-refractivity contribution < 1.29 is 17.1 Å². The van der Waals surface area contributed by atoms with Crippen LogP contribution in [0.15, 0.2) is 0 Å². The molecule has 2 aliphatic carbocycles. The van der Waals surface area contributed by atoms with Crippen LogP contribution in [0, 0.1) is 10.7 Å². The van der Waals surface area contributed by atoms with Crippen LogP contribution in [0.3, 0.4) is 0 Å². The molecule has 2 saturated carbocycles. The molecule has 3 unspecified atom stereocenters. The molecule has 0 aromatic rings. The van der Waals surface area contributed by atoms with Gasteiger partial charge < -0.3 is 44.6 Å². The fourth-order valence-electron chi connectivity index (χ4n) is 4.57. The molecule has 0 aromatic heterocycles. The van der Waals surface area contributed by atoms with Gasteiger partial charge in [-0.25, -0.2) is 5.26 Å². The third-order valence-electron chi connectivity index (χ3n) is 5.89. The van der Waals surface area contributed by atoms with Gasteiger partial charge in [-0.3, -0.25) is 0 Å². The molecule has 173 valence electrons. The molecule has 3 aliphatic rings. The van der Waals surface area contributed by atoms with E-state index in [-0.39, 0.29) is 17.1 Å². The van der Waals surface area contributed by atoms with Crippen molar-refractivity contribution in [2.75, 3.05) is 39.3 Å². The van der Waals surface area contributed by atoms with Gasteiger partial charge in [-0.15, -0.1) is 0 Å². The zero-order valence-electron chi connectivity index (χ0n) is 17.8. The first-order chi connectivity index (χ1) is 14.3. The monoisotopic (exact) mass is 494 g/mol.